The van der Waals surface area contributed by atoms with Crippen molar-refractivity contribution in [3.8, 4) is 0 Å². The number of hydrogen-bond acceptors (Lipinski definition) is 5. The van der Waals surface area contributed by atoms with Gasteiger partial charge in [0.25, 0.3) is 5.91 Å². The van der Waals surface area contributed by atoms with Crippen LogP contribution in [0.3, 0.4) is 0 Å². The van der Waals surface area contributed by atoms with Crippen LogP contribution in [-0.4, -0.2) is 42.3 Å². The van der Waals surface area contributed by atoms with Gasteiger partial charge >= 0.3 is 5.97 Å². The molecular weight excluding hydrogens is 488 g/mol. The Bertz CT molecular complexity index is 1530. The minimum absolute atomic E-state index is 0.0947. The molecule has 7 heteroatoms. The number of rotatable bonds is 4. The second-order valence-electron chi connectivity index (χ2n) is 10.7. The van der Waals surface area contributed by atoms with Crippen molar-refractivity contribution < 1.29 is 14.7 Å². The third-order valence-electron chi connectivity index (χ3n) is 8.24. The number of carbonyl (C=O) groups is 2. The van der Waals surface area contributed by atoms with Gasteiger partial charge in [-0.2, -0.15) is 10.1 Å². The van der Waals surface area contributed by atoms with E-state index in [1.165, 1.54) is 64.7 Å². The van der Waals surface area contributed by atoms with Gasteiger partial charge in [0.15, 0.2) is 5.71 Å². The number of hydrazone groups is 1. The second-order valence-corrected chi connectivity index (χ2v) is 10.7. The maximum Gasteiger partial charge on any atom is 0.357 e. The van der Waals surface area contributed by atoms with Gasteiger partial charge in [-0.3, -0.25) is 4.79 Å². The van der Waals surface area contributed by atoms with Crippen molar-refractivity contribution in [1.82, 2.24) is 0 Å². The summed E-state index contributed by atoms with van der Waals surface area (Å²) in [6, 6.07) is 19.9. The summed E-state index contributed by atoms with van der Waals surface area (Å²) in [6.45, 7) is 3.31. The SMILES string of the molecule is O=C(O)C1=NN(c2ccccc2)C(=O)/C1=C\c1ccc2c(c1)CCCN2c1cc2c3c(c1)CCCN3CCC2. The number of hydrogen-bond donors (Lipinski definition) is 1. The molecule has 0 unspecified atom stereocenters. The molecular formula is C32H30N4O3. The van der Waals surface area contributed by atoms with Crippen LogP contribution in [-0.2, 0) is 28.9 Å². The van der Waals surface area contributed by atoms with E-state index in [0.717, 1.165) is 37.8 Å². The van der Waals surface area contributed by atoms with Crippen molar-refractivity contribution in [1.29, 1.82) is 0 Å². The molecule has 0 saturated carbocycles. The van der Waals surface area contributed by atoms with Crippen molar-refractivity contribution in [3.05, 3.63) is 88.5 Å². The summed E-state index contributed by atoms with van der Waals surface area (Å²) in [4.78, 5) is 30.2. The first kappa shape index (κ1) is 23.7. The van der Waals surface area contributed by atoms with E-state index >= 15 is 0 Å². The van der Waals surface area contributed by atoms with E-state index in [9.17, 15) is 14.7 Å². The second kappa shape index (κ2) is 9.42. The molecule has 0 radical (unpaired) electrons. The first-order valence-corrected chi connectivity index (χ1v) is 13.8. The standard InChI is InChI=1S/C32H30N4O3/c37-31-27(29(32(38)39)33-36(31)25-10-2-1-3-11-25)18-21-12-13-28-22(17-21)7-6-16-35(28)26-19-23-8-4-14-34-15-5-9-24(20-26)30(23)34/h1-3,10-13,17-20H,4-9,14-16H2,(H,38,39)/b27-18-. The maximum absolute atomic E-state index is 13.2. The number of aryl methyl sites for hydroxylation is 3. The monoisotopic (exact) mass is 518 g/mol. The molecule has 1 amide bonds. The molecule has 0 atom stereocenters. The highest BCUT2D eigenvalue weighted by Gasteiger charge is 2.35. The fraction of sp³-hybridized carbons (Fsp3) is 0.281. The lowest BCUT2D eigenvalue weighted by molar-refractivity contribution is -0.129. The average molecular weight is 519 g/mol. The van der Waals surface area contributed by atoms with E-state index in [1.807, 2.05) is 12.1 Å². The van der Waals surface area contributed by atoms with Gasteiger partial charge in [-0.05, 0) is 103 Å². The van der Waals surface area contributed by atoms with Gasteiger partial charge < -0.3 is 14.9 Å². The Hall–Kier alpha value is -4.39. The first-order valence-electron chi connectivity index (χ1n) is 13.8. The highest BCUT2D eigenvalue weighted by atomic mass is 16.4. The van der Waals surface area contributed by atoms with Gasteiger partial charge in [-0.25, -0.2) is 4.79 Å². The van der Waals surface area contributed by atoms with Crippen molar-refractivity contribution in [3.63, 3.8) is 0 Å². The molecule has 196 valence electrons. The zero-order valence-electron chi connectivity index (χ0n) is 21.8. The minimum atomic E-state index is -1.22. The van der Waals surface area contributed by atoms with Crippen LogP contribution in [0.25, 0.3) is 6.08 Å². The Morgan fingerprint density at radius 1 is 0.821 bits per heavy atom. The Labute approximate surface area is 227 Å². The Morgan fingerprint density at radius 2 is 1.51 bits per heavy atom. The summed E-state index contributed by atoms with van der Waals surface area (Å²) < 4.78 is 0. The predicted octanol–water partition coefficient (Wildman–Crippen LogP) is 5.34. The van der Waals surface area contributed by atoms with E-state index < -0.39 is 11.9 Å². The number of fused-ring (bicyclic) bond motifs is 1. The number of nitrogens with zero attached hydrogens (tertiary/aromatic N) is 4. The van der Waals surface area contributed by atoms with Crippen LogP contribution in [0.5, 0.6) is 0 Å². The van der Waals surface area contributed by atoms with E-state index in [1.54, 1.807) is 30.3 Å². The number of carboxylic acid groups (broad SMARTS) is 1. The van der Waals surface area contributed by atoms with Crippen LogP contribution >= 0.6 is 0 Å². The Morgan fingerprint density at radius 3 is 2.23 bits per heavy atom. The molecule has 4 heterocycles. The van der Waals surface area contributed by atoms with Gasteiger partial charge in [0.2, 0.25) is 0 Å². The van der Waals surface area contributed by atoms with Crippen LogP contribution in [0, 0.1) is 0 Å². The topological polar surface area (TPSA) is 76.4 Å². The molecule has 0 fully saturated rings. The molecule has 0 spiro atoms. The lowest BCUT2D eigenvalue weighted by atomic mass is 9.90. The Balaban J connectivity index is 1.22. The number of amides is 1. The van der Waals surface area contributed by atoms with E-state index in [2.05, 4.69) is 39.2 Å². The van der Waals surface area contributed by atoms with Gasteiger partial charge in [0.1, 0.15) is 0 Å². The smallest absolute Gasteiger partial charge is 0.357 e. The molecule has 1 N–H and O–H groups in total. The third-order valence-corrected chi connectivity index (χ3v) is 8.24. The molecule has 3 aromatic carbocycles. The summed E-state index contributed by atoms with van der Waals surface area (Å²) in [7, 11) is 0. The maximum atomic E-state index is 13.2. The summed E-state index contributed by atoms with van der Waals surface area (Å²) >= 11 is 0. The van der Waals surface area contributed by atoms with Crippen LogP contribution in [0.1, 0.15) is 41.5 Å². The summed E-state index contributed by atoms with van der Waals surface area (Å²) in [5.41, 5.74) is 9.31. The highest BCUT2D eigenvalue weighted by molar-refractivity contribution is 6.53. The summed E-state index contributed by atoms with van der Waals surface area (Å²) in [6.07, 6.45) is 8.35. The predicted molar refractivity (Wildman–Crippen MR) is 154 cm³/mol. The quantitative estimate of drug-likeness (QED) is 0.472. The fourth-order valence-corrected chi connectivity index (χ4v) is 6.53. The molecule has 0 aliphatic carbocycles. The van der Waals surface area contributed by atoms with Gasteiger partial charge in [-0.15, -0.1) is 0 Å². The number of carbonyl (C=O) groups excluding carboxylic acids is 1. The van der Waals surface area contributed by atoms with Crippen molar-refractivity contribution in [2.45, 2.75) is 38.5 Å². The molecule has 7 rings (SSSR count). The fourth-order valence-electron chi connectivity index (χ4n) is 6.53. The molecule has 0 bridgehead atoms. The number of anilines is 4. The largest absolute Gasteiger partial charge is 0.476 e. The molecule has 7 nitrogen and oxygen atoms in total. The lowest BCUT2D eigenvalue weighted by Gasteiger charge is -2.39. The normalized spacial score (nSPS) is 19.2. The zero-order valence-corrected chi connectivity index (χ0v) is 21.8. The lowest BCUT2D eigenvalue weighted by Crippen LogP contribution is -2.35. The molecule has 4 aliphatic rings. The summed E-state index contributed by atoms with van der Waals surface area (Å²) in [5.74, 6) is -1.65. The molecule has 0 saturated heterocycles. The van der Waals surface area contributed by atoms with Gasteiger partial charge in [0, 0.05) is 36.7 Å². The van der Waals surface area contributed by atoms with E-state index in [4.69, 9.17) is 0 Å². The van der Waals surface area contributed by atoms with Crippen LogP contribution in [0.4, 0.5) is 22.7 Å². The Kier molecular flexibility index (Phi) is 5.72. The number of benzene rings is 3. The third kappa shape index (κ3) is 4.09. The van der Waals surface area contributed by atoms with Crippen molar-refractivity contribution in [2.24, 2.45) is 5.10 Å². The van der Waals surface area contributed by atoms with Crippen LogP contribution in [0.15, 0.2) is 71.3 Å². The van der Waals surface area contributed by atoms with Crippen LogP contribution < -0.4 is 14.8 Å². The zero-order chi connectivity index (χ0) is 26.5. The molecule has 4 aliphatic heterocycles. The van der Waals surface area contributed by atoms with Crippen LogP contribution in [0.2, 0.25) is 0 Å². The first-order chi connectivity index (χ1) is 19.1. The van der Waals surface area contributed by atoms with Gasteiger partial charge in [0.05, 0.1) is 11.3 Å². The number of carboxylic acids is 1. The molecule has 0 aromatic heterocycles. The van der Waals surface area contributed by atoms with Crippen molar-refractivity contribution >= 4 is 46.4 Å². The number of para-hydroxylation sites is 1. The van der Waals surface area contributed by atoms with Gasteiger partial charge in [-0.1, -0.05) is 24.3 Å². The van der Waals surface area contributed by atoms with E-state index in [0.29, 0.717) is 5.69 Å². The highest BCUT2D eigenvalue weighted by Crippen LogP contribution is 2.42. The summed E-state index contributed by atoms with van der Waals surface area (Å²) in [5, 5.41) is 15.1. The van der Waals surface area contributed by atoms with E-state index in [-0.39, 0.29) is 11.3 Å². The average Bonchev–Trinajstić information content (AvgIpc) is 3.29. The molecule has 39 heavy (non-hydrogen) atoms. The minimum Gasteiger partial charge on any atom is -0.476 e. The molecule has 3 aromatic rings. The number of aliphatic carboxylic acids is 1. The van der Waals surface area contributed by atoms with Crippen molar-refractivity contribution in [2.75, 3.05) is 34.4 Å².